The Bertz CT molecular complexity index is 244. The number of hydrogen-bond acceptors (Lipinski definition) is 2. The van der Waals surface area contributed by atoms with E-state index in [0.29, 0.717) is 11.9 Å². The van der Waals surface area contributed by atoms with E-state index in [1.54, 1.807) is 0 Å². The maximum Gasteiger partial charge on any atom is 0.230 e. The van der Waals surface area contributed by atoms with Crippen LogP contribution < -0.4 is 5.32 Å². The summed E-state index contributed by atoms with van der Waals surface area (Å²) in [4.78, 5) is 14.4. The van der Waals surface area contributed by atoms with E-state index in [1.165, 1.54) is 25.7 Å². The van der Waals surface area contributed by atoms with Crippen molar-refractivity contribution in [2.24, 2.45) is 5.41 Å². The van der Waals surface area contributed by atoms with Gasteiger partial charge < -0.3 is 10.2 Å². The molecule has 0 aromatic carbocycles. The molecule has 3 heteroatoms. The number of hydrogen-bond donors (Lipinski definition) is 1. The van der Waals surface area contributed by atoms with Crippen LogP contribution in [0, 0.1) is 5.41 Å². The third-order valence-electron chi connectivity index (χ3n) is 4.22. The van der Waals surface area contributed by atoms with Crippen molar-refractivity contribution >= 4 is 5.91 Å². The summed E-state index contributed by atoms with van der Waals surface area (Å²) in [6.45, 7) is 0.850. The minimum atomic E-state index is -0.0565. The molecular weight excluding hydrogens is 188 g/mol. The summed E-state index contributed by atoms with van der Waals surface area (Å²) in [6, 6.07) is 0.534. The van der Waals surface area contributed by atoms with Crippen LogP contribution in [0.1, 0.15) is 38.5 Å². The van der Waals surface area contributed by atoms with Crippen molar-refractivity contribution < 1.29 is 4.79 Å². The topological polar surface area (TPSA) is 32.3 Å². The SMILES string of the molecule is CNCC1(C(=O)N(C)C2CCC2)CCC1. The van der Waals surface area contributed by atoms with Gasteiger partial charge in [-0.3, -0.25) is 4.79 Å². The molecule has 2 rings (SSSR count). The highest BCUT2D eigenvalue weighted by Gasteiger charge is 2.46. The minimum Gasteiger partial charge on any atom is -0.342 e. The van der Waals surface area contributed by atoms with Crippen molar-refractivity contribution in [2.75, 3.05) is 20.6 Å². The molecule has 0 heterocycles. The van der Waals surface area contributed by atoms with Gasteiger partial charge in [0, 0.05) is 19.6 Å². The lowest BCUT2D eigenvalue weighted by molar-refractivity contribution is -0.149. The summed E-state index contributed by atoms with van der Waals surface area (Å²) >= 11 is 0. The molecular formula is C12H22N2O. The molecule has 0 unspecified atom stereocenters. The van der Waals surface area contributed by atoms with Gasteiger partial charge >= 0.3 is 0 Å². The van der Waals surface area contributed by atoms with Crippen molar-refractivity contribution in [3.63, 3.8) is 0 Å². The van der Waals surface area contributed by atoms with E-state index in [0.717, 1.165) is 19.4 Å². The van der Waals surface area contributed by atoms with Crippen molar-refractivity contribution in [3.8, 4) is 0 Å². The molecule has 0 aromatic rings. The summed E-state index contributed by atoms with van der Waals surface area (Å²) in [6.07, 6.45) is 7.07. The van der Waals surface area contributed by atoms with Crippen molar-refractivity contribution in [1.29, 1.82) is 0 Å². The predicted molar refractivity (Wildman–Crippen MR) is 60.6 cm³/mol. The zero-order valence-corrected chi connectivity index (χ0v) is 9.88. The normalized spacial score (nSPS) is 24.1. The van der Waals surface area contributed by atoms with E-state index in [1.807, 2.05) is 19.0 Å². The van der Waals surface area contributed by atoms with Crippen LogP contribution in [-0.4, -0.2) is 37.5 Å². The van der Waals surface area contributed by atoms with Gasteiger partial charge in [-0.1, -0.05) is 6.42 Å². The van der Waals surface area contributed by atoms with Crippen LogP contribution in [0.2, 0.25) is 0 Å². The minimum absolute atomic E-state index is 0.0565. The highest BCUT2D eigenvalue weighted by Crippen LogP contribution is 2.43. The van der Waals surface area contributed by atoms with Crippen molar-refractivity contribution in [3.05, 3.63) is 0 Å². The quantitative estimate of drug-likeness (QED) is 0.760. The maximum atomic E-state index is 12.4. The first-order valence-corrected chi connectivity index (χ1v) is 6.11. The fourth-order valence-corrected chi connectivity index (χ4v) is 2.72. The molecule has 3 nitrogen and oxygen atoms in total. The largest absolute Gasteiger partial charge is 0.342 e. The van der Waals surface area contributed by atoms with Crippen LogP contribution in [0.5, 0.6) is 0 Å². The average molecular weight is 210 g/mol. The Morgan fingerprint density at radius 1 is 1.40 bits per heavy atom. The van der Waals surface area contributed by atoms with Crippen molar-refractivity contribution in [2.45, 2.75) is 44.6 Å². The fourth-order valence-electron chi connectivity index (χ4n) is 2.72. The number of nitrogens with zero attached hydrogens (tertiary/aromatic N) is 1. The number of carbonyl (C=O) groups excluding carboxylic acids is 1. The van der Waals surface area contributed by atoms with E-state index >= 15 is 0 Å². The first kappa shape index (κ1) is 10.9. The molecule has 2 fully saturated rings. The van der Waals surface area contributed by atoms with Gasteiger partial charge in [0.25, 0.3) is 0 Å². The Kier molecular flexibility index (Phi) is 3.01. The monoisotopic (exact) mass is 210 g/mol. The van der Waals surface area contributed by atoms with E-state index in [-0.39, 0.29) is 5.41 Å². The lowest BCUT2D eigenvalue weighted by Crippen LogP contribution is -2.55. The molecule has 0 saturated heterocycles. The fraction of sp³-hybridized carbons (Fsp3) is 0.917. The average Bonchev–Trinajstić information content (AvgIpc) is 2.07. The van der Waals surface area contributed by atoms with Crippen LogP contribution in [0.3, 0.4) is 0 Å². The van der Waals surface area contributed by atoms with Gasteiger partial charge in [-0.05, 0) is 39.2 Å². The van der Waals surface area contributed by atoms with Crippen LogP contribution >= 0.6 is 0 Å². The highest BCUT2D eigenvalue weighted by atomic mass is 16.2. The number of rotatable bonds is 4. The first-order valence-electron chi connectivity index (χ1n) is 6.11. The Hall–Kier alpha value is -0.570. The van der Waals surface area contributed by atoms with Crippen LogP contribution in [0.25, 0.3) is 0 Å². The van der Waals surface area contributed by atoms with Crippen molar-refractivity contribution in [1.82, 2.24) is 10.2 Å². The number of nitrogens with one attached hydrogen (secondary N) is 1. The van der Waals surface area contributed by atoms with Gasteiger partial charge in [0.1, 0.15) is 0 Å². The van der Waals surface area contributed by atoms with E-state index in [4.69, 9.17) is 0 Å². The Balaban J connectivity index is 1.97. The second-order valence-electron chi connectivity index (χ2n) is 5.16. The summed E-state index contributed by atoms with van der Waals surface area (Å²) < 4.78 is 0. The molecule has 1 amide bonds. The maximum absolute atomic E-state index is 12.4. The van der Waals surface area contributed by atoms with Gasteiger partial charge in [0.2, 0.25) is 5.91 Å². The molecule has 0 bridgehead atoms. The molecule has 0 spiro atoms. The third kappa shape index (κ3) is 1.78. The summed E-state index contributed by atoms with van der Waals surface area (Å²) in [5.41, 5.74) is -0.0565. The second kappa shape index (κ2) is 4.12. The first-order chi connectivity index (χ1) is 7.19. The van der Waals surface area contributed by atoms with Gasteiger partial charge in [0.05, 0.1) is 5.41 Å². The Labute approximate surface area is 92.2 Å². The van der Waals surface area contributed by atoms with Crippen LogP contribution in [0.15, 0.2) is 0 Å². The number of amides is 1. The molecule has 86 valence electrons. The van der Waals surface area contributed by atoms with Crippen LogP contribution in [0.4, 0.5) is 0 Å². The molecule has 0 atom stereocenters. The molecule has 0 radical (unpaired) electrons. The van der Waals surface area contributed by atoms with E-state index in [9.17, 15) is 4.79 Å². The summed E-state index contributed by atoms with van der Waals surface area (Å²) in [5.74, 6) is 0.382. The second-order valence-corrected chi connectivity index (χ2v) is 5.16. The van der Waals surface area contributed by atoms with E-state index < -0.39 is 0 Å². The molecule has 0 aromatic heterocycles. The molecule has 0 aliphatic heterocycles. The Morgan fingerprint density at radius 2 is 2.07 bits per heavy atom. The number of carbonyl (C=O) groups is 1. The van der Waals surface area contributed by atoms with Gasteiger partial charge in [-0.25, -0.2) is 0 Å². The third-order valence-corrected chi connectivity index (χ3v) is 4.22. The highest BCUT2D eigenvalue weighted by molar-refractivity contribution is 5.84. The zero-order chi connectivity index (χ0) is 10.9. The lowest BCUT2D eigenvalue weighted by atomic mass is 9.67. The van der Waals surface area contributed by atoms with Gasteiger partial charge in [0.15, 0.2) is 0 Å². The zero-order valence-electron chi connectivity index (χ0n) is 9.88. The molecule has 15 heavy (non-hydrogen) atoms. The predicted octanol–water partition coefficient (Wildman–Crippen LogP) is 1.39. The summed E-state index contributed by atoms with van der Waals surface area (Å²) in [7, 11) is 3.93. The summed E-state index contributed by atoms with van der Waals surface area (Å²) in [5, 5.41) is 3.17. The van der Waals surface area contributed by atoms with Crippen LogP contribution in [-0.2, 0) is 4.79 Å². The Morgan fingerprint density at radius 3 is 2.40 bits per heavy atom. The molecule has 2 aliphatic rings. The lowest BCUT2D eigenvalue weighted by Gasteiger charge is -2.46. The standard InChI is InChI=1S/C12H22N2O/c1-13-9-12(7-4-8-12)11(15)14(2)10-5-3-6-10/h10,13H,3-9H2,1-2H3. The molecule has 1 N–H and O–H groups in total. The van der Waals surface area contributed by atoms with Gasteiger partial charge in [-0.15, -0.1) is 0 Å². The molecule has 2 saturated carbocycles. The smallest absolute Gasteiger partial charge is 0.230 e. The van der Waals surface area contributed by atoms with Gasteiger partial charge in [-0.2, -0.15) is 0 Å². The molecule has 2 aliphatic carbocycles. The van der Waals surface area contributed by atoms with E-state index in [2.05, 4.69) is 5.32 Å².